The van der Waals surface area contributed by atoms with Crippen molar-refractivity contribution in [1.82, 2.24) is 0 Å². The third-order valence-corrected chi connectivity index (χ3v) is 2.60. The molecule has 0 aliphatic carbocycles. The van der Waals surface area contributed by atoms with Gasteiger partial charge in [0.1, 0.15) is 0 Å². The molecule has 0 radical (unpaired) electrons. The van der Waals surface area contributed by atoms with Gasteiger partial charge in [-0.15, -0.1) is 0 Å². The first-order valence-electron chi connectivity index (χ1n) is 5.34. The van der Waals surface area contributed by atoms with Crippen molar-refractivity contribution >= 4 is 0 Å². The fraction of sp³-hybridized carbons (Fsp3) is 0.143. The van der Waals surface area contributed by atoms with E-state index in [1.165, 1.54) is 6.07 Å². The van der Waals surface area contributed by atoms with Gasteiger partial charge in [-0.1, -0.05) is 36.4 Å². The van der Waals surface area contributed by atoms with E-state index in [1.807, 2.05) is 18.2 Å². The van der Waals surface area contributed by atoms with Gasteiger partial charge in [0.2, 0.25) is 0 Å². The van der Waals surface area contributed by atoms with Crippen molar-refractivity contribution in [2.75, 3.05) is 0 Å². The van der Waals surface area contributed by atoms with Crippen LogP contribution < -0.4 is 0 Å². The van der Waals surface area contributed by atoms with Crippen LogP contribution in [-0.2, 0) is 6.42 Å². The maximum Gasteiger partial charge on any atom is 0.159 e. The number of aliphatic hydroxyl groups excluding tert-OH is 1. The molecule has 0 bridgehead atoms. The maximum absolute atomic E-state index is 13.0. The number of rotatable bonds is 3. The minimum atomic E-state index is -0.886. The molecule has 0 fully saturated rings. The monoisotopic (exact) mass is 234 g/mol. The van der Waals surface area contributed by atoms with Crippen LogP contribution >= 0.6 is 0 Å². The van der Waals surface area contributed by atoms with Crippen LogP contribution in [-0.4, -0.2) is 5.11 Å². The molecule has 0 aliphatic rings. The predicted molar refractivity (Wildman–Crippen MR) is 61.5 cm³/mol. The quantitative estimate of drug-likeness (QED) is 0.864. The van der Waals surface area contributed by atoms with Crippen LogP contribution in [0, 0.1) is 11.6 Å². The third kappa shape index (κ3) is 2.88. The normalized spacial score (nSPS) is 12.4. The zero-order valence-corrected chi connectivity index (χ0v) is 9.11. The Morgan fingerprint density at radius 3 is 2.29 bits per heavy atom. The highest BCUT2D eigenvalue weighted by molar-refractivity contribution is 5.23. The molecule has 0 aliphatic heterocycles. The molecule has 0 saturated heterocycles. The standard InChI is InChI=1S/C14H12F2O/c15-12-7-6-10(8-13(12)16)9-14(17)11-4-2-1-3-5-11/h1-8,14,17H,9H2. The van der Waals surface area contributed by atoms with Crippen molar-refractivity contribution in [2.24, 2.45) is 0 Å². The Balaban J connectivity index is 2.13. The first-order chi connectivity index (χ1) is 8.16. The van der Waals surface area contributed by atoms with Crippen molar-refractivity contribution < 1.29 is 13.9 Å². The second kappa shape index (κ2) is 5.06. The van der Waals surface area contributed by atoms with Crippen LogP contribution in [0.3, 0.4) is 0 Å². The van der Waals surface area contributed by atoms with Crippen LogP contribution in [0.4, 0.5) is 8.78 Å². The highest BCUT2D eigenvalue weighted by Crippen LogP contribution is 2.19. The van der Waals surface area contributed by atoms with Gasteiger partial charge in [-0.25, -0.2) is 8.78 Å². The fourth-order valence-corrected chi connectivity index (χ4v) is 1.68. The number of benzene rings is 2. The van der Waals surface area contributed by atoms with Crippen molar-refractivity contribution in [2.45, 2.75) is 12.5 Å². The predicted octanol–water partition coefficient (Wildman–Crippen LogP) is 3.24. The molecule has 1 nitrogen and oxygen atoms in total. The summed E-state index contributed by atoms with van der Waals surface area (Å²) in [7, 11) is 0. The van der Waals surface area contributed by atoms with Gasteiger partial charge in [-0.2, -0.15) is 0 Å². The lowest BCUT2D eigenvalue weighted by molar-refractivity contribution is 0.178. The number of halogens is 2. The summed E-state index contributed by atoms with van der Waals surface area (Å²) < 4.78 is 25.7. The zero-order chi connectivity index (χ0) is 12.3. The molecule has 2 aromatic rings. The second-order valence-electron chi connectivity index (χ2n) is 3.88. The van der Waals surface area contributed by atoms with Gasteiger partial charge in [0.05, 0.1) is 6.10 Å². The summed E-state index contributed by atoms with van der Waals surface area (Å²) in [6, 6.07) is 12.8. The summed E-state index contributed by atoms with van der Waals surface area (Å²) in [5.41, 5.74) is 1.33. The Bertz CT molecular complexity index is 497. The maximum atomic E-state index is 13.0. The largest absolute Gasteiger partial charge is 0.388 e. The SMILES string of the molecule is OC(Cc1ccc(F)c(F)c1)c1ccccc1. The van der Waals surface area contributed by atoms with E-state index in [-0.39, 0.29) is 6.42 Å². The summed E-state index contributed by atoms with van der Waals surface area (Å²) in [6.45, 7) is 0. The fourth-order valence-electron chi connectivity index (χ4n) is 1.68. The highest BCUT2D eigenvalue weighted by Gasteiger charge is 2.09. The lowest BCUT2D eigenvalue weighted by Crippen LogP contribution is -2.02. The molecule has 0 heterocycles. The van der Waals surface area contributed by atoms with Crippen molar-refractivity contribution in [3.63, 3.8) is 0 Å². The topological polar surface area (TPSA) is 20.2 Å². The van der Waals surface area contributed by atoms with Gasteiger partial charge in [0.25, 0.3) is 0 Å². The van der Waals surface area contributed by atoms with E-state index in [0.29, 0.717) is 5.56 Å². The van der Waals surface area contributed by atoms with Crippen molar-refractivity contribution in [3.8, 4) is 0 Å². The molecular weight excluding hydrogens is 222 g/mol. The molecule has 0 amide bonds. The van der Waals surface area contributed by atoms with E-state index >= 15 is 0 Å². The smallest absolute Gasteiger partial charge is 0.159 e. The van der Waals surface area contributed by atoms with E-state index < -0.39 is 17.7 Å². The molecule has 3 heteroatoms. The van der Waals surface area contributed by atoms with E-state index in [4.69, 9.17) is 0 Å². The molecule has 0 saturated carbocycles. The minimum Gasteiger partial charge on any atom is -0.388 e. The Hall–Kier alpha value is -1.74. The molecular formula is C14H12F2O. The van der Waals surface area contributed by atoms with E-state index in [9.17, 15) is 13.9 Å². The number of hydrogen-bond donors (Lipinski definition) is 1. The van der Waals surface area contributed by atoms with Crippen LogP contribution in [0.25, 0.3) is 0 Å². The van der Waals surface area contributed by atoms with Crippen LogP contribution in [0.15, 0.2) is 48.5 Å². The molecule has 1 unspecified atom stereocenters. The van der Waals surface area contributed by atoms with Crippen LogP contribution in [0.1, 0.15) is 17.2 Å². The zero-order valence-electron chi connectivity index (χ0n) is 9.11. The number of aliphatic hydroxyl groups is 1. The Labute approximate surface area is 98.3 Å². The van der Waals surface area contributed by atoms with E-state index in [0.717, 1.165) is 17.7 Å². The molecule has 17 heavy (non-hydrogen) atoms. The molecule has 88 valence electrons. The van der Waals surface area contributed by atoms with Gasteiger partial charge in [-0.05, 0) is 23.3 Å². The van der Waals surface area contributed by atoms with E-state index in [1.54, 1.807) is 12.1 Å². The molecule has 1 N–H and O–H groups in total. The average Bonchev–Trinajstić information content (AvgIpc) is 2.35. The molecule has 1 atom stereocenters. The van der Waals surface area contributed by atoms with E-state index in [2.05, 4.69) is 0 Å². The van der Waals surface area contributed by atoms with Gasteiger partial charge in [0, 0.05) is 6.42 Å². The third-order valence-electron chi connectivity index (χ3n) is 2.60. The second-order valence-corrected chi connectivity index (χ2v) is 3.88. The lowest BCUT2D eigenvalue weighted by Gasteiger charge is -2.11. The molecule has 2 rings (SSSR count). The Morgan fingerprint density at radius 1 is 0.941 bits per heavy atom. The van der Waals surface area contributed by atoms with Crippen LogP contribution in [0.5, 0.6) is 0 Å². The van der Waals surface area contributed by atoms with Crippen molar-refractivity contribution in [3.05, 3.63) is 71.3 Å². The highest BCUT2D eigenvalue weighted by atomic mass is 19.2. The summed E-state index contributed by atoms with van der Waals surface area (Å²) in [6.07, 6.45) is -0.442. The van der Waals surface area contributed by atoms with Gasteiger partial charge >= 0.3 is 0 Å². The van der Waals surface area contributed by atoms with Crippen molar-refractivity contribution in [1.29, 1.82) is 0 Å². The first kappa shape index (κ1) is 11.7. The Kier molecular flexibility index (Phi) is 3.49. The average molecular weight is 234 g/mol. The molecule has 2 aromatic carbocycles. The number of hydrogen-bond acceptors (Lipinski definition) is 1. The van der Waals surface area contributed by atoms with Crippen LogP contribution in [0.2, 0.25) is 0 Å². The summed E-state index contributed by atoms with van der Waals surface area (Å²) in [5, 5.41) is 9.92. The Morgan fingerprint density at radius 2 is 1.65 bits per heavy atom. The van der Waals surface area contributed by atoms with Gasteiger partial charge in [-0.3, -0.25) is 0 Å². The summed E-state index contributed by atoms with van der Waals surface area (Å²) in [4.78, 5) is 0. The molecule has 0 spiro atoms. The van der Waals surface area contributed by atoms with Gasteiger partial charge in [0.15, 0.2) is 11.6 Å². The summed E-state index contributed by atoms with van der Waals surface area (Å²) in [5.74, 6) is -1.76. The summed E-state index contributed by atoms with van der Waals surface area (Å²) >= 11 is 0. The molecule has 0 aromatic heterocycles. The lowest BCUT2D eigenvalue weighted by atomic mass is 10.0. The minimum absolute atomic E-state index is 0.265. The van der Waals surface area contributed by atoms with Gasteiger partial charge < -0.3 is 5.11 Å². The first-order valence-corrected chi connectivity index (χ1v) is 5.34.